The van der Waals surface area contributed by atoms with E-state index in [0.717, 1.165) is 44.5 Å². The molecule has 4 N–H and O–H groups in total. The molecule has 0 spiro atoms. The SMILES string of the molecule is O=P(O)(O)Cc1ccc(C[n+]2ccc(-c3ccc4nc(-c5cc[n+](Cc6ccc(CP(=O)(O)O)cc6)cc5)cnc4c3)cc2)cc1. The molecule has 0 aliphatic rings. The molecular weight excluding hydrogens is 622 g/mol. The van der Waals surface area contributed by atoms with Gasteiger partial charge in [0.15, 0.2) is 37.9 Å². The molecule has 0 aliphatic carbocycles. The average molecular weight is 655 g/mol. The normalized spacial score (nSPS) is 12.0. The maximum atomic E-state index is 11.2. The van der Waals surface area contributed by atoms with E-state index in [4.69, 9.17) is 19.8 Å². The van der Waals surface area contributed by atoms with E-state index in [1.165, 1.54) is 0 Å². The molecule has 0 amide bonds. The summed E-state index contributed by atoms with van der Waals surface area (Å²) in [5, 5.41) is 0. The zero-order valence-electron chi connectivity index (χ0n) is 24.7. The van der Waals surface area contributed by atoms with Crippen molar-refractivity contribution in [3.8, 4) is 22.4 Å². The molecular formula is C34H32N4O6P2+2. The van der Waals surface area contributed by atoms with Crippen molar-refractivity contribution in [2.24, 2.45) is 0 Å². The second-order valence-corrected chi connectivity index (χ2v) is 14.5. The van der Waals surface area contributed by atoms with Crippen molar-refractivity contribution in [3.63, 3.8) is 0 Å². The van der Waals surface area contributed by atoms with Gasteiger partial charge in [-0.1, -0.05) is 54.6 Å². The molecule has 12 heteroatoms. The smallest absolute Gasteiger partial charge is 0.324 e. The minimum absolute atomic E-state index is 0.259. The minimum atomic E-state index is -4.09. The van der Waals surface area contributed by atoms with Crippen LogP contribution in [0.5, 0.6) is 0 Å². The maximum Gasteiger partial charge on any atom is 0.329 e. The molecule has 10 nitrogen and oxygen atoms in total. The van der Waals surface area contributed by atoms with Crippen molar-refractivity contribution < 1.29 is 37.8 Å². The van der Waals surface area contributed by atoms with E-state index in [0.29, 0.717) is 24.2 Å². The highest BCUT2D eigenvalue weighted by Crippen LogP contribution is 2.39. The number of fused-ring (bicyclic) bond motifs is 1. The molecule has 3 aromatic carbocycles. The van der Waals surface area contributed by atoms with Crippen molar-refractivity contribution in [1.29, 1.82) is 0 Å². The Hall–Kier alpha value is -4.40. The van der Waals surface area contributed by atoms with Crippen LogP contribution in [-0.2, 0) is 34.5 Å². The van der Waals surface area contributed by atoms with Gasteiger partial charge in [-0.2, -0.15) is 0 Å². The lowest BCUT2D eigenvalue weighted by molar-refractivity contribution is -0.688. The fourth-order valence-corrected chi connectivity index (χ4v) is 6.59. The zero-order valence-corrected chi connectivity index (χ0v) is 26.5. The number of nitrogens with zero attached hydrogens (tertiary/aromatic N) is 4. The van der Waals surface area contributed by atoms with E-state index >= 15 is 0 Å². The highest BCUT2D eigenvalue weighted by molar-refractivity contribution is 7.51. The third kappa shape index (κ3) is 8.44. The number of hydrogen-bond acceptors (Lipinski definition) is 4. The van der Waals surface area contributed by atoms with Crippen molar-refractivity contribution in [2.75, 3.05) is 0 Å². The number of rotatable bonds is 10. The zero-order chi connectivity index (χ0) is 32.3. The Labute approximate surface area is 265 Å². The van der Waals surface area contributed by atoms with Crippen LogP contribution in [0.25, 0.3) is 33.4 Å². The summed E-state index contributed by atoms with van der Waals surface area (Å²) in [6, 6.07) is 28.6. The largest absolute Gasteiger partial charge is 0.329 e. The molecule has 0 bridgehead atoms. The Balaban J connectivity index is 1.10. The fraction of sp³-hybridized carbons (Fsp3) is 0.118. The topological polar surface area (TPSA) is 149 Å². The average Bonchev–Trinajstić information content (AvgIpc) is 3.02. The molecule has 232 valence electrons. The van der Waals surface area contributed by atoms with E-state index in [-0.39, 0.29) is 12.3 Å². The summed E-state index contributed by atoms with van der Waals surface area (Å²) < 4.78 is 26.5. The van der Waals surface area contributed by atoms with Crippen molar-refractivity contribution in [1.82, 2.24) is 9.97 Å². The van der Waals surface area contributed by atoms with Gasteiger partial charge in [0.2, 0.25) is 0 Å². The van der Waals surface area contributed by atoms with Crippen molar-refractivity contribution in [3.05, 3.63) is 144 Å². The third-order valence-electron chi connectivity index (χ3n) is 7.51. The van der Waals surface area contributed by atoms with Gasteiger partial charge in [-0.3, -0.25) is 14.1 Å². The van der Waals surface area contributed by atoms with Gasteiger partial charge in [0, 0.05) is 41.0 Å². The van der Waals surface area contributed by atoms with Crippen LogP contribution in [0.15, 0.2) is 122 Å². The Kier molecular flexibility index (Phi) is 9.02. The second kappa shape index (κ2) is 13.1. The van der Waals surface area contributed by atoms with E-state index in [2.05, 4.69) is 0 Å². The number of benzene rings is 3. The van der Waals surface area contributed by atoms with E-state index in [9.17, 15) is 18.9 Å². The van der Waals surface area contributed by atoms with Gasteiger partial charge in [0.1, 0.15) is 0 Å². The van der Waals surface area contributed by atoms with Crippen molar-refractivity contribution in [2.45, 2.75) is 25.4 Å². The van der Waals surface area contributed by atoms with Gasteiger partial charge in [-0.25, -0.2) is 14.1 Å². The van der Waals surface area contributed by atoms with Crippen LogP contribution in [-0.4, -0.2) is 29.5 Å². The van der Waals surface area contributed by atoms with Gasteiger partial charge in [0.25, 0.3) is 0 Å². The lowest BCUT2D eigenvalue weighted by Gasteiger charge is -2.06. The van der Waals surface area contributed by atoms with Gasteiger partial charge in [-0.05, 0) is 34.4 Å². The standard InChI is InChI=1S/C34H30N4O6P2/c39-45(40,41)23-27-5-1-25(2-6-27)21-37-15-11-29(12-16-37)31-9-10-32-33(19-31)35-20-34(36-32)30-13-17-38(18-14-30)22-26-3-7-28(8-4-26)24-46(42,43)44/h1-20H,21-24H2,(H2-2,39,40,41,42,43,44)/p+2. The van der Waals surface area contributed by atoms with Crippen LogP contribution >= 0.6 is 15.2 Å². The highest BCUT2D eigenvalue weighted by atomic mass is 31.2. The van der Waals surface area contributed by atoms with Crippen LogP contribution < -0.4 is 9.13 Å². The Morgan fingerprint density at radius 1 is 0.522 bits per heavy atom. The first kappa shape index (κ1) is 31.6. The lowest BCUT2D eigenvalue weighted by atomic mass is 10.1. The highest BCUT2D eigenvalue weighted by Gasteiger charge is 2.15. The van der Waals surface area contributed by atoms with Gasteiger partial charge in [0.05, 0.1) is 35.2 Å². The van der Waals surface area contributed by atoms with Gasteiger partial charge >= 0.3 is 15.2 Å². The molecule has 6 aromatic rings. The quantitative estimate of drug-likeness (QED) is 0.119. The molecule has 0 aliphatic heterocycles. The molecule has 6 rings (SSSR count). The maximum absolute atomic E-state index is 11.2. The molecule has 0 saturated heterocycles. The lowest BCUT2D eigenvalue weighted by Crippen LogP contribution is -2.33. The van der Waals surface area contributed by atoms with Crippen LogP contribution in [0.2, 0.25) is 0 Å². The van der Waals surface area contributed by atoms with E-state index < -0.39 is 15.2 Å². The first-order chi connectivity index (χ1) is 22.0. The van der Waals surface area contributed by atoms with Crippen molar-refractivity contribution >= 4 is 26.2 Å². The molecule has 0 saturated carbocycles. The molecule has 3 heterocycles. The summed E-state index contributed by atoms with van der Waals surface area (Å²) in [6.07, 6.45) is 9.19. The molecule has 0 unspecified atom stereocenters. The summed E-state index contributed by atoms with van der Waals surface area (Å²) in [6.45, 7) is 1.26. The summed E-state index contributed by atoms with van der Waals surface area (Å²) in [5.74, 6) is 0. The Morgan fingerprint density at radius 2 is 0.978 bits per heavy atom. The predicted molar refractivity (Wildman–Crippen MR) is 173 cm³/mol. The first-order valence-electron chi connectivity index (χ1n) is 14.5. The van der Waals surface area contributed by atoms with Crippen LogP contribution in [0.4, 0.5) is 0 Å². The molecule has 0 fully saturated rings. The van der Waals surface area contributed by atoms with Gasteiger partial charge < -0.3 is 19.6 Å². The molecule has 0 atom stereocenters. The Morgan fingerprint density at radius 3 is 1.46 bits per heavy atom. The first-order valence-corrected chi connectivity index (χ1v) is 18.1. The summed E-state index contributed by atoms with van der Waals surface area (Å²) in [5.41, 5.74) is 8.64. The second-order valence-electron chi connectivity index (χ2n) is 11.3. The van der Waals surface area contributed by atoms with Crippen LogP contribution in [0.3, 0.4) is 0 Å². The van der Waals surface area contributed by atoms with Crippen LogP contribution in [0.1, 0.15) is 22.3 Å². The minimum Gasteiger partial charge on any atom is -0.324 e. The molecule has 46 heavy (non-hydrogen) atoms. The third-order valence-corrected chi connectivity index (χ3v) is 9.06. The molecule has 0 radical (unpaired) electrons. The number of pyridine rings is 2. The fourth-order valence-electron chi connectivity index (χ4n) is 5.22. The Bertz CT molecular complexity index is 1930. The van der Waals surface area contributed by atoms with Gasteiger partial charge in [-0.15, -0.1) is 0 Å². The molecule has 3 aromatic heterocycles. The van der Waals surface area contributed by atoms with Crippen LogP contribution in [0, 0.1) is 0 Å². The number of hydrogen-bond donors (Lipinski definition) is 4. The van der Waals surface area contributed by atoms with E-state index in [1.54, 1.807) is 30.5 Å². The number of aromatic nitrogens is 4. The van der Waals surface area contributed by atoms with E-state index in [1.807, 2.05) is 101 Å². The summed E-state index contributed by atoms with van der Waals surface area (Å²) >= 11 is 0. The summed E-state index contributed by atoms with van der Waals surface area (Å²) in [4.78, 5) is 46.2. The predicted octanol–water partition coefficient (Wildman–Crippen LogP) is 4.99. The monoisotopic (exact) mass is 654 g/mol. The summed E-state index contributed by atoms with van der Waals surface area (Å²) in [7, 11) is -8.17.